The maximum absolute atomic E-state index is 4.92. The van der Waals surface area contributed by atoms with Crippen molar-refractivity contribution in [3.8, 4) is 0 Å². The second kappa shape index (κ2) is 6.58. The molecule has 0 bridgehead atoms. The zero-order chi connectivity index (χ0) is 8.69. The molecule has 0 heterocycles. The van der Waals surface area contributed by atoms with Gasteiger partial charge in [0.2, 0.25) is 0 Å². The van der Waals surface area contributed by atoms with Gasteiger partial charge in [0, 0.05) is 26.2 Å². The third-order valence-corrected chi connectivity index (χ3v) is 1.44. The second-order valence-electron chi connectivity index (χ2n) is 3.11. The summed E-state index contributed by atoms with van der Waals surface area (Å²) in [5, 5.41) is 3.35. The molecule has 0 spiro atoms. The summed E-state index contributed by atoms with van der Waals surface area (Å²) in [6.45, 7) is 4.97. The predicted octanol–water partition coefficient (Wildman–Crippen LogP) is 0.173. The van der Waals surface area contributed by atoms with Gasteiger partial charge in [-0.1, -0.05) is 0 Å². The van der Waals surface area contributed by atoms with E-state index in [0.717, 1.165) is 19.7 Å². The molecule has 68 valence electrons. The van der Waals surface area contributed by atoms with Gasteiger partial charge in [-0.25, -0.2) is 0 Å². The van der Waals surface area contributed by atoms with Crippen LogP contribution in [0.15, 0.2) is 0 Å². The van der Waals surface area contributed by atoms with Gasteiger partial charge in [-0.15, -0.1) is 0 Å². The van der Waals surface area contributed by atoms with Crippen molar-refractivity contribution in [3.05, 3.63) is 0 Å². The number of methoxy groups -OCH3 is 1. The lowest BCUT2D eigenvalue weighted by molar-refractivity contribution is 0.193. The molecule has 1 atom stereocenters. The molecule has 11 heavy (non-hydrogen) atoms. The Morgan fingerprint density at radius 1 is 1.45 bits per heavy atom. The van der Waals surface area contributed by atoms with Crippen molar-refractivity contribution in [2.45, 2.75) is 13.0 Å². The quantitative estimate of drug-likeness (QED) is 0.561. The van der Waals surface area contributed by atoms with E-state index >= 15 is 0 Å². The highest BCUT2D eigenvalue weighted by atomic mass is 16.5. The van der Waals surface area contributed by atoms with E-state index in [1.54, 1.807) is 7.11 Å². The van der Waals surface area contributed by atoms with Gasteiger partial charge in [0.05, 0.1) is 6.61 Å². The number of hydrogen-bond acceptors (Lipinski definition) is 3. The molecule has 0 rings (SSSR count). The first kappa shape index (κ1) is 10.9. The van der Waals surface area contributed by atoms with Crippen LogP contribution in [-0.2, 0) is 4.74 Å². The van der Waals surface area contributed by atoms with Gasteiger partial charge in [0.1, 0.15) is 0 Å². The molecule has 0 radical (unpaired) electrons. The molecule has 1 unspecified atom stereocenters. The van der Waals surface area contributed by atoms with E-state index in [9.17, 15) is 0 Å². The van der Waals surface area contributed by atoms with Crippen molar-refractivity contribution in [2.75, 3.05) is 40.9 Å². The minimum atomic E-state index is 0.542. The number of likely N-dealkylation sites (N-methyl/N-ethyl adjacent to an activating group) is 1. The van der Waals surface area contributed by atoms with Crippen molar-refractivity contribution >= 4 is 0 Å². The molecule has 0 aromatic carbocycles. The van der Waals surface area contributed by atoms with E-state index in [-0.39, 0.29) is 0 Å². The van der Waals surface area contributed by atoms with Crippen LogP contribution < -0.4 is 5.32 Å². The van der Waals surface area contributed by atoms with E-state index in [1.807, 2.05) is 0 Å². The topological polar surface area (TPSA) is 24.5 Å². The fraction of sp³-hybridized carbons (Fsp3) is 1.00. The molecule has 0 saturated heterocycles. The predicted molar refractivity (Wildman–Crippen MR) is 47.9 cm³/mol. The Balaban J connectivity index is 3.15. The van der Waals surface area contributed by atoms with Crippen molar-refractivity contribution < 1.29 is 4.74 Å². The van der Waals surface area contributed by atoms with Gasteiger partial charge >= 0.3 is 0 Å². The maximum atomic E-state index is 4.92. The lowest BCUT2D eigenvalue weighted by Gasteiger charge is -2.17. The molecular formula is C8H20N2O. The Morgan fingerprint density at radius 2 is 2.09 bits per heavy atom. The lowest BCUT2D eigenvalue weighted by atomic mass is 10.3. The molecule has 0 amide bonds. The van der Waals surface area contributed by atoms with Gasteiger partial charge < -0.3 is 15.0 Å². The standard InChI is InChI=1S/C8H20N2O/c1-8(7-10(2)3)9-5-6-11-4/h8-9H,5-7H2,1-4H3. The highest BCUT2D eigenvalue weighted by molar-refractivity contribution is 4.62. The normalized spacial score (nSPS) is 13.9. The molecule has 3 nitrogen and oxygen atoms in total. The Kier molecular flexibility index (Phi) is 6.51. The van der Waals surface area contributed by atoms with Crippen LogP contribution in [0.3, 0.4) is 0 Å². The summed E-state index contributed by atoms with van der Waals surface area (Å²) in [4.78, 5) is 2.17. The average molecular weight is 160 g/mol. The van der Waals surface area contributed by atoms with E-state index in [0.29, 0.717) is 6.04 Å². The Bertz CT molecular complexity index is 86.2. The summed E-state index contributed by atoms with van der Waals surface area (Å²) in [6.07, 6.45) is 0. The molecule has 0 aliphatic rings. The van der Waals surface area contributed by atoms with Gasteiger partial charge in [-0.05, 0) is 21.0 Å². The van der Waals surface area contributed by atoms with Crippen LogP contribution in [0, 0.1) is 0 Å². The van der Waals surface area contributed by atoms with Crippen LogP contribution in [0.25, 0.3) is 0 Å². The minimum absolute atomic E-state index is 0.542. The molecule has 0 aliphatic carbocycles. The fourth-order valence-corrected chi connectivity index (χ4v) is 1.02. The zero-order valence-electron chi connectivity index (χ0n) is 8.05. The number of nitrogens with one attached hydrogen (secondary N) is 1. The van der Waals surface area contributed by atoms with Crippen molar-refractivity contribution in [1.29, 1.82) is 0 Å². The number of hydrogen-bond donors (Lipinski definition) is 1. The van der Waals surface area contributed by atoms with Crippen LogP contribution >= 0.6 is 0 Å². The van der Waals surface area contributed by atoms with Crippen LogP contribution in [0.1, 0.15) is 6.92 Å². The highest BCUT2D eigenvalue weighted by Crippen LogP contribution is 1.83. The van der Waals surface area contributed by atoms with Crippen LogP contribution in [0.4, 0.5) is 0 Å². The summed E-state index contributed by atoms with van der Waals surface area (Å²) in [5.74, 6) is 0. The molecule has 3 heteroatoms. The third kappa shape index (κ3) is 7.78. The second-order valence-corrected chi connectivity index (χ2v) is 3.11. The summed E-state index contributed by atoms with van der Waals surface area (Å²) < 4.78 is 4.92. The molecule has 0 saturated carbocycles. The first-order valence-corrected chi connectivity index (χ1v) is 4.04. The number of nitrogens with zero attached hydrogens (tertiary/aromatic N) is 1. The molecule has 0 aliphatic heterocycles. The first-order valence-electron chi connectivity index (χ1n) is 4.04. The first-order chi connectivity index (χ1) is 5.16. The van der Waals surface area contributed by atoms with Crippen molar-refractivity contribution in [3.63, 3.8) is 0 Å². The lowest BCUT2D eigenvalue weighted by Crippen LogP contribution is -2.37. The van der Waals surface area contributed by atoms with E-state index in [2.05, 4.69) is 31.2 Å². The Morgan fingerprint density at radius 3 is 2.55 bits per heavy atom. The average Bonchev–Trinajstić information content (AvgIpc) is 1.86. The van der Waals surface area contributed by atoms with Gasteiger partial charge in [-0.3, -0.25) is 0 Å². The summed E-state index contributed by atoms with van der Waals surface area (Å²) >= 11 is 0. The molecule has 0 aromatic heterocycles. The monoisotopic (exact) mass is 160 g/mol. The van der Waals surface area contributed by atoms with Gasteiger partial charge in [0.25, 0.3) is 0 Å². The van der Waals surface area contributed by atoms with Gasteiger partial charge in [-0.2, -0.15) is 0 Å². The maximum Gasteiger partial charge on any atom is 0.0587 e. The molecule has 0 fully saturated rings. The largest absolute Gasteiger partial charge is 0.383 e. The molecular weight excluding hydrogens is 140 g/mol. The smallest absolute Gasteiger partial charge is 0.0587 e. The fourth-order valence-electron chi connectivity index (χ4n) is 1.02. The van der Waals surface area contributed by atoms with Gasteiger partial charge in [0.15, 0.2) is 0 Å². The van der Waals surface area contributed by atoms with Crippen LogP contribution in [0.5, 0.6) is 0 Å². The minimum Gasteiger partial charge on any atom is -0.383 e. The summed E-state index contributed by atoms with van der Waals surface area (Å²) in [6, 6.07) is 0.542. The van der Waals surface area contributed by atoms with E-state index in [1.165, 1.54) is 0 Å². The number of ether oxygens (including phenoxy) is 1. The van der Waals surface area contributed by atoms with E-state index < -0.39 is 0 Å². The van der Waals surface area contributed by atoms with E-state index in [4.69, 9.17) is 4.74 Å². The Labute approximate surface area is 69.7 Å². The molecule has 0 aromatic rings. The highest BCUT2D eigenvalue weighted by Gasteiger charge is 2.00. The SMILES string of the molecule is COCCNC(C)CN(C)C. The third-order valence-electron chi connectivity index (χ3n) is 1.44. The number of rotatable bonds is 6. The summed E-state index contributed by atoms with van der Waals surface area (Å²) in [7, 11) is 5.88. The van der Waals surface area contributed by atoms with Crippen LogP contribution in [-0.4, -0.2) is 51.8 Å². The van der Waals surface area contributed by atoms with Crippen molar-refractivity contribution in [2.24, 2.45) is 0 Å². The summed E-state index contributed by atoms with van der Waals surface area (Å²) in [5.41, 5.74) is 0. The zero-order valence-corrected chi connectivity index (χ0v) is 8.05. The van der Waals surface area contributed by atoms with Crippen molar-refractivity contribution in [1.82, 2.24) is 10.2 Å². The Hall–Kier alpha value is -0.120. The molecule has 1 N–H and O–H groups in total. The van der Waals surface area contributed by atoms with Crippen LogP contribution in [0.2, 0.25) is 0 Å².